The van der Waals surface area contributed by atoms with Crippen LogP contribution in [0.5, 0.6) is 0 Å². The Morgan fingerprint density at radius 1 is 1.24 bits per heavy atom. The van der Waals surface area contributed by atoms with Crippen molar-refractivity contribution < 1.29 is 9.53 Å². The number of amides is 1. The summed E-state index contributed by atoms with van der Waals surface area (Å²) in [7, 11) is 2.13. The van der Waals surface area contributed by atoms with Crippen LogP contribution in [0.2, 0.25) is 0 Å². The number of nitrogens with zero attached hydrogens (tertiary/aromatic N) is 4. The molecule has 0 aliphatic carbocycles. The molecule has 0 saturated carbocycles. The third-order valence-electron chi connectivity index (χ3n) is 4.23. The molecule has 3 heterocycles. The second-order valence-electron chi connectivity index (χ2n) is 5.83. The molecule has 0 bridgehead atoms. The van der Waals surface area contributed by atoms with Crippen molar-refractivity contribution >= 4 is 5.91 Å². The smallest absolute Gasteiger partial charge is 0.274 e. The monoisotopic (exact) mass is 290 g/mol. The molecule has 1 amide bonds. The zero-order valence-corrected chi connectivity index (χ0v) is 12.5. The van der Waals surface area contributed by atoms with E-state index in [9.17, 15) is 4.79 Å². The third-order valence-corrected chi connectivity index (χ3v) is 4.23. The van der Waals surface area contributed by atoms with Gasteiger partial charge in [-0.1, -0.05) is 0 Å². The van der Waals surface area contributed by atoms with E-state index in [0.717, 1.165) is 25.2 Å². The number of carbonyl (C=O) groups excluding carboxylic acids is 1. The van der Waals surface area contributed by atoms with Crippen molar-refractivity contribution in [1.29, 1.82) is 0 Å². The molecule has 0 spiro atoms. The Labute approximate surface area is 125 Å². The highest BCUT2D eigenvalue weighted by Crippen LogP contribution is 2.24. The number of morpholine rings is 1. The van der Waals surface area contributed by atoms with Crippen LogP contribution in [0.1, 0.15) is 34.9 Å². The largest absolute Gasteiger partial charge is 0.378 e. The summed E-state index contributed by atoms with van der Waals surface area (Å²) >= 11 is 0. The van der Waals surface area contributed by atoms with Crippen molar-refractivity contribution in [2.45, 2.75) is 18.8 Å². The Hall–Kier alpha value is -1.53. The van der Waals surface area contributed by atoms with E-state index in [1.807, 2.05) is 0 Å². The molecule has 2 saturated heterocycles. The van der Waals surface area contributed by atoms with E-state index in [2.05, 4.69) is 21.9 Å². The molecule has 6 nitrogen and oxygen atoms in total. The average molecular weight is 290 g/mol. The molecule has 2 aliphatic rings. The van der Waals surface area contributed by atoms with Crippen LogP contribution in [0.15, 0.2) is 12.4 Å². The van der Waals surface area contributed by atoms with E-state index in [1.54, 1.807) is 17.3 Å². The second kappa shape index (κ2) is 6.49. The van der Waals surface area contributed by atoms with Gasteiger partial charge in [-0.15, -0.1) is 0 Å². The van der Waals surface area contributed by atoms with Crippen LogP contribution in [0, 0.1) is 0 Å². The lowest BCUT2D eigenvalue weighted by Crippen LogP contribution is -2.41. The van der Waals surface area contributed by atoms with Crippen molar-refractivity contribution in [2.75, 3.05) is 46.4 Å². The fourth-order valence-corrected chi connectivity index (χ4v) is 3.00. The van der Waals surface area contributed by atoms with Crippen molar-refractivity contribution in [3.63, 3.8) is 0 Å². The van der Waals surface area contributed by atoms with E-state index in [1.165, 1.54) is 6.42 Å². The Morgan fingerprint density at radius 3 is 2.71 bits per heavy atom. The topological polar surface area (TPSA) is 58.6 Å². The van der Waals surface area contributed by atoms with Gasteiger partial charge in [-0.2, -0.15) is 0 Å². The van der Waals surface area contributed by atoms with E-state index in [0.29, 0.717) is 37.9 Å². The first-order valence-electron chi connectivity index (χ1n) is 7.61. The van der Waals surface area contributed by atoms with Gasteiger partial charge in [0.05, 0.1) is 25.1 Å². The Morgan fingerprint density at radius 2 is 2.05 bits per heavy atom. The molecule has 2 fully saturated rings. The van der Waals surface area contributed by atoms with Crippen LogP contribution < -0.4 is 0 Å². The number of ether oxygens (including phenoxy) is 1. The summed E-state index contributed by atoms with van der Waals surface area (Å²) in [6, 6.07) is 0. The third kappa shape index (κ3) is 3.39. The first-order chi connectivity index (χ1) is 10.2. The van der Waals surface area contributed by atoms with E-state index in [4.69, 9.17) is 4.74 Å². The van der Waals surface area contributed by atoms with Crippen molar-refractivity contribution in [2.24, 2.45) is 0 Å². The minimum absolute atomic E-state index is 0.0434. The predicted molar refractivity (Wildman–Crippen MR) is 78.2 cm³/mol. The summed E-state index contributed by atoms with van der Waals surface area (Å²) in [5.74, 6) is 0.391. The van der Waals surface area contributed by atoms with Crippen LogP contribution in [0.4, 0.5) is 0 Å². The Balaban J connectivity index is 1.67. The van der Waals surface area contributed by atoms with Gasteiger partial charge in [-0.25, -0.2) is 4.98 Å². The lowest BCUT2D eigenvalue weighted by Gasteiger charge is -2.29. The number of hydrogen-bond donors (Lipinski definition) is 0. The van der Waals surface area contributed by atoms with E-state index in [-0.39, 0.29) is 5.91 Å². The zero-order valence-electron chi connectivity index (χ0n) is 12.5. The summed E-state index contributed by atoms with van der Waals surface area (Å²) in [6.45, 7) is 4.64. The summed E-state index contributed by atoms with van der Waals surface area (Å²) < 4.78 is 5.26. The minimum atomic E-state index is -0.0434. The summed E-state index contributed by atoms with van der Waals surface area (Å²) in [6.07, 6.45) is 5.74. The summed E-state index contributed by atoms with van der Waals surface area (Å²) in [5, 5.41) is 0. The maximum atomic E-state index is 12.3. The van der Waals surface area contributed by atoms with Crippen LogP contribution in [-0.2, 0) is 4.74 Å². The first-order valence-corrected chi connectivity index (χ1v) is 7.61. The summed E-state index contributed by atoms with van der Waals surface area (Å²) in [5.41, 5.74) is 1.44. The molecule has 0 radical (unpaired) electrons. The van der Waals surface area contributed by atoms with Crippen LogP contribution in [-0.4, -0.2) is 72.1 Å². The van der Waals surface area contributed by atoms with Gasteiger partial charge >= 0.3 is 0 Å². The zero-order chi connectivity index (χ0) is 14.7. The maximum Gasteiger partial charge on any atom is 0.274 e. The van der Waals surface area contributed by atoms with Gasteiger partial charge in [0, 0.05) is 31.7 Å². The van der Waals surface area contributed by atoms with Gasteiger partial charge in [0.25, 0.3) is 5.91 Å². The van der Waals surface area contributed by atoms with Crippen LogP contribution in [0.3, 0.4) is 0 Å². The standard InChI is InChI=1S/C15H22N4O2/c1-18-4-2-3-12(11-18)13-9-17-14(10-16-13)15(20)19-5-7-21-8-6-19/h9-10,12H,2-8,11H2,1H3/t12-/m0/s1. The average Bonchev–Trinajstić information content (AvgIpc) is 2.55. The SMILES string of the molecule is CN1CCC[C@H](c2cnc(C(=O)N3CCOCC3)cn2)C1. The van der Waals surface area contributed by atoms with Gasteiger partial charge < -0.3 is 14.5 Å². The highest BCUT2D eigenvalue weighted by Gasteiger charge is 2.23. The van der Waals surface area contributed by atoms with E-state index < -0.39 is 0 Å². The van der Waals surface area contributed by atoms with Crippen molar-refractivity contribution in [1.82, 2.24) is 19.8 Å². The van der Waals surface area contributed by atoms with Crippen molar-refractivity contribution in [3.8, 4) is 0 Å². The lowest BCUT2D eigenvalue weighted by atomic mass is 9.95. The van der Waals surface area contributed by atoms with Gasteiger partial charge in [-0.05, 0) is 26.4 Å². The van der Waals surface area contributed by atoms with E-state index >= 15 is 0 Å². The number of rotatable bonds is 2. The molecule has 1 atom stereocenters. The molecular formula is C15H22N4O2. The summed E-state index contributed by atoms with van der Waals surface area (Å²) in [4.78, 5) is 25.2. The number of piperidine rings is 1. The molecule has 21 heavy (non-hydrogen) atoms. The fourth-order valence-electron chi connectivity index (χ4n) is 3.00. The van der Waals surface area contributed by atoms with Gasteiger partial charge in [-0.3, -0.25) is 9.78 Å². The maximum absolute atomic E-state index is 12.3. The Bertz CT molecular complexity index is 485. The second-order valence-corrected chi connectivity index (χ2v) is 5.83. The molecule has 2 aliphatic heterocycles. The molecule has 1 aromatic heterocycles. The minimum Gasteiger partial charge on any atom is -0.378 e. The fraction of sp³-hybridized carbons (Fsp3) is 0.667. The highest BCUT2D eigenvalue weighted by molar-refractivity contribution is 5.92. The molecule has 0 unspecified atom stereocenters. The molecule has 3 rings (SSSR count). The molecule has 0 N–H and O–H groups in total. The molecule has 1 aromatic rings. The molecule has 0 aromatic carbocycles. The van der Waals surface area contributed by atoms with Crippen molar-refractivity contribution in [3.05, 3.63) is 23.8 Å². The van der Waals surface area contributed by atoms with Gasteiger partial charge in [0.1, 0.15) is 5.69 Å². The number of carbonyl (C=O) groups is 1. The normalized spacial score (nSPS) is 24.0. The quantitative estimate of drug-likeness (QED) is 0.805. The highest BCUT2D eigenvalue weighted by atomic mass is 16.5. The molecule has 114 valence electrons. The number of hydrogen-bond acceptors (Lipinski definition) is 5. The lowest BCUT2D eigenvalue weighted by molar-refractivity contribution is 0.0298. The van der Waals surface area contributed by atoms with Crippen LogP contribution in [0.25, 0.3) is 0 Å². The Kier molecular flexibility index (Phi) is 4.45. The number of likely N-dealkylation sites (N-methyl/N-ethyl adjacent to an activating group) is 1. The van der Waals surface area contributed by atoms with Crippen LogP contribution >= 0.6 is 0 Å². The molecular weight excluding hydrogens is 268 g/mol. The van der Waals surface area contributed by atoms with Gasteiger partial charge in [0.2, 0.25) is 0 Å². The molecule has 6 heteroatoms. The number of aromatic nitrogens is 2. The van der Waals surface area contributed by atoms with Gasteiger partial charge in [0.15, 0.2) is 0 Å². The number of likely N-dealkylation sites (tertiary alicyclic amines) is 1. The first kappa shape index (κ1) is 14.4. The predicted octanol–water partition coefficient (Wildman–Crippen LogP) is 0.758.